The lowest BCUT2D eigenvalue weighted by atomic mass is 9.98. The fraction of sp³-hybridized carbons (Fsp3) is 0.279. The normalized spacial score (nSPS) is 12.4. The topological polar surface area (TPSA) is 104 Å². The first-order valence-electron chi connectivity index (χ1n) is 17.8. The lowest BCUT2D eigenvalue weighted by molar-refractivity contribution is -0.120. The van der Waals surface area contributed by atoms with Gasteiger partial charge in [-0.15, -0.1) is 0 Å². The molecule has 0 aliphatic heterocycles. The number of hydrazine groups is 1. The van der Waals surface area contributed by atoms with E-state index in [9.17, 15) is 14.4 Å². The summed E-state index contributed by atoms with van der Waals surface area (Å²) in [5, 5.41) is 2.37. The molecule has 2 N–H and O–H groups in total. The standard InChI is InChI=1S/C43H46N4O5/c1-5-25-47(42(50)51-29-38-36-15-8-6-13-34(36)35-14-7-9-16-37(35)38)45-40(48)23-22-30-18-20-31(21-19-30)28-46(41(49)52-43(2,3)4)26-24-32-27-44-39-17-11-10-12-33(32)39/h6-23,27,38,44H,5,24-26,28-29H2,1-4H3,(H,45,48)/b23-22+. The second kappa shape index (κ2) is 16.0. The predicted octanol–water partition coefficient (Wildman–Crippen LogP) is 8.85. The highest BCUT2D eigenvalue weighted by molar-refractivity contribution is 5.92. The monoisotopic (exact) mass is 698 g/mol. The lowest BCUT2D eigenvalue weighted by Crippen LogP contribution is -2.46. The average Bonchev–Trinajstić information content (AvgIpc) is 3.70. The number of hydrogen-bond donors (Lipinski definition) is 2. The Morgan fingerprint density at radius 1 is 0.827 bits per heavy atom. The molecule has 5 aromatic rings. The van der Waals surface area contributed by atoms with Crippen molar-refractivity contribution in [1.29, 1.82) is 0 Å². The maximum absolute atomic E-state index is 13.2. The molecular formula is C43H46N4O5. The third kappa shape index (κ3) is 8.72. The summed E-state index contributed by atoms with van der Waals surface area (Å²) >= 11 is 0. The fourth-order valence-corrected chi connectivity index (χ4v) is 6.54. The molecule has 1 aromatic heterocycles. The first-order chi connectivity index (χ1) is 25.1. The Labute approximate surface area is 305 Å². The van der Waals surface area contributed by atoms with Crippen LogP contribution < -0.4 is 5.43 Å². The van der Waals surface area contributed by atoms with Crippen molar-refractivity contribution in [2.45, 2.75) is 58.6 Å². The molecule has 268 valence electrons. The number of hydrogen-bond acceptors (Lipinski definition) is 5. The van der Waals surface area contributed by atoms with Gasteiger partial charge in [-0.1, -0.05) is 97.9 Å². The van der Waals surface area contributed by atoms with Crippen molar-refractivity contribution >= 4 is 35.1 Å². The molecule has 4 aromatic carbocycles. The molecule has 3 amide bonds. The number of fused-ring (bicyclic) bond motifs is 4. The van der Waals surface area contributed by atoms with Gasteiger partial charge >= 0.3 is 12.2 Å². The number of carbonyl (C=O) groups excluding carboxylic acids is 3. The van der Waals surface area contributed by atoms with Gasteiger partial charge in [0.25, 0.3) is 5.91 Å². The van der Waals surface area contributed by atoms with Crippen LogP contribution in [0.1, 0.15) is 67.9 Å². The second-order valence-electron chi connectivity index (χ2n) is 14.0. The van der Waals surface area contributed by atoms with Crippen molar-refractivity contribution in [2.75, 3.05) is 19.7 Å². The zero-order valence-electron chi connectivity index (χ0n) is 30.2. The molecule has 9 nitrogen and oxygen atoms in total. The zero-order valence-corrected chi connectivity index (χ0v) is 30.2. The van der Waals surface area contributed by atoms with Crippen LogP contribution in [0.2, 0.25) is 0 Å². The molecule has 1 aliphatic rings. The largest absolute Gasteiger partial charge is 0.447 e. The Hall–Kier alpha value is -5.83. The Morgan fingerprint density at radius 3 is 2.15 bits per heavy atom. The number of aromatic nitrogens is 1. The Bertz CT molecular complexity index is 2010. The number of carbonyl (C=O) groups is 3. The number of nitrogens with zero attached hydrogens (tertiary/aromatic N) is 2. The third-order valence-electron chi connectivity index (χ3n) is 9.01. The first kappa shape index (κ1) is 36.0. The molecule has 52 heavy (non-hydrogen) atoms. The molecule has 0 spiro atoms. The number of rotatable bonds is 11. The molecule has 0 saturated heterocycles. The molecule has 0 radical (unpaired) electrons. The summed E-state index contributed by atoms with van der Waals surface area (Å²) in [6.07, 6.45) is 5.40. The minimum atomic E-state index is -0.622. The number of para-hydroxylation sites is 1. The van der Waals surface area contributed by atoms with Gasteiger partial charge in [-0.05, 0) is 84.7 Å². The van der Waals surface area contributed by atoms with Gasteiger partial charge in [0, 0.05) is 48.7 Å². The van der Waals surface area contributed by atoms with E-state index in [0.29, 0.717) is 32.5 Å². The molecule has 0 unspecified atom stereocenters. The minimum Gasteiger partial charge on any atom is -0.447 e. The van der Waals surface area contributed by atoms with Crippen molar-refractivity contribution in [2.24, 2.45) is 0 Å². The molecule has 0 fully saturated rings. The summed E-state index contributed by atoms with van der Waals surface area (Å²) in [6, 6.07) is 32.1. The van der Waals surface area contributed by atoms with E-state index in [0.717, 1.165) is 49.8 Å². The van der Waals surface area contributed by atoms with E-state index in [1.165, 1.54) is 11.1 Å². The van der Waals surface area contributed by atoms with Gasteiger partial charge in [0.1, 0.15) is 12.2 Å². The van der Waals surface area contributed by atoms with Crippen LogP contribution in [0, 0.1) is 0 Å². The van der Waals surface area contributed by atoms with Gasteiger partial charge in [0.05, 0.1) is 0 Å². The summed E-state index contributed by atoms with van der Waals surface area (Å²) in [5.41, 5.74) is 10.5. The molecule has 1 heterocycles. The van der Waals surface area contributed by atoms with E-state index < -0.39 is 17.6 Å². The molecule has 1 aliphatic carbocycles. The predicted molar refractivity (Wildman–Crippen MR) is 204 cm³/mol. The van der Waals surface area contributed by atoms with E-state index in [1.54, 1.807) is 11.0 Å². The van der Waals surface area contributed by atoms with Gasteiger partial charge in [0.15, 0.2) is 0 Å². The van der Waals surface area contributed by atoms with Crippen LogP contribution in [-0.4, -0.2) is 58.3 Å². The van der Waals surface area contributed by atoms with Crippen molar-refractivity contribution in [3.05, 3.63) is 137 Å². The van der Waals surface area contributed by atoms with Crippen molar-refractivity contribution in [3.63, 3.8) is 0 Å². The maximum atomic E-state index is 13.2. The summed E-state index contributed by atoms with van der Waals surface area (Å²) in [5.74, 6) is -0.520. The smallest absolute Gasteiger partial charge is 0.428 e. The molecule has 0 bridgehead atoms. The van der Waals surface area contributed by atoms with Crippen LogP contribution in [0.15, 0.2) is 109 Å². The van der Waals surface area contributed by atoms with Gasteiger partial charge in [0.2, 0.25) is 0 Å². The van der Waals surface area contributed by atoms with Crippen LogP contribution >= 0.6 is 0 Å². The number of benzene rings is 4. The number of ether oxygens (including phenoxy) is 2. The SMILES string of the molecule is CCCN(NC(=O)/C=C/c1ccc(CN(CCc2c[nH]c3ccccc23)C(=O)OC(C)(C)C)cc1)C(=O)OCC1c2ccccc2-c2ccccc21. The Morgan fingerprint density at radius 2 is 1.48 bits per heavy atom. The van der Waals surface area contributed by atoms with Crippen molar-refractivity contribution in [3.8, 4) is 11.1 Å². The molecular weight excluding hydrogens is 652 g/mol. The Kier molecular flexibility index (Phi) is 11.1. The summed E-state index contributed by atoms with van der Waals surface area (Å²) < 4.78 is 11.5. The molecule has 9 heteroatoms. The fourth-order valence-electron chi connectivity index (χ4n) is 6.54. The number of H-pyrrole nitrogens is 1. The van der Waals surface area contributed by atoms with Crippen molar-refractivity contribution < 1.29 is 23.9 Å². The number of aromatic amines is 1. The van der Waals surface area contributed by atoms with Crippen molar-refractivity contribution in [1.82, 2.24) is 20.3 Å². The van der Waals surface area contributed by atoms with Gasteiger partial charge in [-0.25, -0.2) is 14.6 Å². The molecule has 0 atom stereocenters. The van der Waals surface area contributed by atoms with E-state index >= 15 is 0 Å². The summed E-state index contributed by atoms with van der Waals surface area (Å²) in [4.78, 5) is 44.4. The third-order valence-corrected chi connectivity index (χ3v) is 9.01. The lowest BCUT2D eigenvalue weighted by Gasteiger charge is -2.27. The zero-order chi connectivity index (χ0) is 36.7. The molecule has 0 saturated carbocycles. The highest BCUT2D eigenvalue weighted by atomic mass is 16.6. The van der Waals surface area contributed by atoms with E-state index in [2.05, 4.69) is 40.7 Å². The van der Waals surface area contributed by atoms with E-state index in [4.69, 9.17) is 9.47 Å². The number of nitrogens with one attached hydrogen (secondary N) is 2. The van der Waals surface area contributed by atoms with Gasteiger partial charge in [-0.3, -0.25) is 10.2 Å². The van der Waals surface area contributed by atoms with Crippen LogP contribution in [0.25, 0.3) is 28.1 Å². The highest BCUT2D eigenvalue weighted by Crippen LogP contribution is 2.44. The van der Waals surface area contributed by atoms with Crippen LogP contribution in [-0.2, 0) is 27.2 Å². The van der Waals surface area contributed by atoms with Crippen LogP contribution in [0.5, 0.6) is 0 Å². The number of amides is 3. The average molecular weight is 699 g/mol. The van der Waals surface area contributed by atoms with E-state index in [1.807, 2.05) is 101 Å². The van der Waals surface area contributed by atoms with Crippen LogP contribution in [0.3, 0.4) is 0 Å². The summed E-state index contributed by atoms with van der Waals surface area (Å²) in [6.45, 7) is 8.83. The first-order valence-corrected chi connectivity index (χ1v) is 17.8. The maximum Gasteiger partial charge on any atom is 0.428 e. The molecule has 6 rings (SSSR count). The Balaban J connectivity index is 1.05. The quantitative estimate of drug-likeness (QED) is 0.106. The van der Waals surface area contributed by atoms with Crippen LogP contribution in [0.4, 0.5) is 9.59 Å². The minimum absolute atomic E-state index is 0.0749. The summed E-state index contributed by atoms with van der Waals surface area (Å²) in [7, 11) is 0. The van der Waals surface area contributed by atoms with Gasteiger partial charge in [-0.2, -0.15) is 0 Å². The van der Waals surface area contributed by atoms with Gasteiger partial charge < -0.3 is 19.4 Å². The van der Waals surface area contributed by atoms with E-state index in [-0.39, 0.29) is 18.6 Å². The highest BCUT2D eigenvalue weighted by Gasteiger charge is 2.30. The second-order valence-corrected chi connectivity index (χ2v) is 14.0.